The lowest BCUT2D eigenvalue weighted by Crippen LogP contribution is -2.40. The molecule has 104 valence electrons. The third-order valence-corrected chi connectivity index (χ3v) is 4.78. The van der Waals surface area contributed by atoms with Crippen LogP contribution in [0.3, 0.4) is 0 Å². The van der Waals surface area contributed by atoms with Gasteiger partial charge in [-0.2, -0.15) is 11.8 Å². The first-order valence-corrected chi connectivity index (χ1v) is 8.15. The number of nitrogens with zero attached hydrogens (tertiary/aromatic N) is 4. The molecule has 0 aromatic carbocycles. The third-order valence-electron chi connectivity index (χ3n) is 3.84. The van der Waals surface area contributed by atoms with E-state index in [-0.39, 0.29) is 0 Å². The van der Waals surface area contributed by atoms with Crippen LogP contribution in [-0.4, -0.2) is 53.9 Å². The van der Waals surface area contributed by atoms with Gasteiger partial charge in [0.2, 0.25) is 0 Å². The van der Waals surface area contributed by atoms with Gasteiger partial charge in [-0.3, -0.25) is 0 Å². The van der Waals surface area contributed by atoms with Crippen LogP contribution in [-0.2, 0) is 0 Å². The summed E-state index contributed by atoms with van der Waals surface area (Å²) < 4.78 is 0. The Morgan fingerprint density at radius 2 is 1.47 bits per heavy atom. The highest BCUT2D eigenvalue weighted by atomic mass is 32.2. The highest BCUT2D eigenvalue weighted by Crippen LogP contribution is 2.20. The zero-order valence-corrected chi connectivity index (χ0v) is 12.0. The Morgan fingerprint density at radius 1 is 0.947 bits per heavy atom. The number of hydrogen-bond acceptors (Lipinski definition) is 6. The van der Waals surface area contributed by atoms with Crippen molar-refractivity contribution in [3.05, 3.63) is 12.1 Å². The largest absolute Gasteiger partial charge is 0.355 e. The summed E-state index contributed by atoms with van der Waals surface area (Å²) in [5, 5.41) is 8.78. The number of thioether (sulfide) groups is 1. The van der Waals surface area contributed by atoms with E-state index in [0.717, 1.165) is 50.7 Å². The molecule has 1 aromatic heterocycles. The third kappa shape index (κ3) is 3.12. The van der Waals surface area contributed by atoms with Crippen molar-refractivity contribution in [1.29, 1.82) is 0 Å². The van der Waals surface area contributed by atoms with Crippen molar-refractivity contribution in [3.8, 4) is 0 Å². The molecule has 0 radical (unpaired) electrons. The van der Waals surface area contributed by atoms with Crippen molar-refractivity contribution < 1.29 is 0 Å². The molecule has 0 amide bonds. The van der Waals surface area contributed by atoms with Gasteiger partial charge in [0.15, 0.2) is 11.6 Å². The van der Waals surface area contributed by atoms with Crippen molar-refractivity contribution in [2.75, 3.05) is 47.5 Å². The van der Waals surface area contributed by atoms with E-state index >= 15 is 0 Å². The molecule has 3 heterocycles. The Balaban J connectivity index is 1.65. The maximum absolute atomic E-state index is 5.93. The zero-order chi connectivity index (χ0) is 13.1. The number of aromatic nitrogens is 2. The second-order valence-corrected chi connectivity index (χ2v) is 6.40. The number of hydrogen-bond donors (Lipinski definition) is 1. The highest BCUT2D eigenvalue weighted by molar-refractivity contribution is 7.99. The molecule has 19 heavy (non-hydrogen) atoms. The molecule has 2 aliphatic rings. The Labute approximate surface area is 118 Å². The normalized spacial score (nSPS) is 21.7. The van der Waals surface area contributed by atoms with E-state index in [1.165, 1.54) is 11.5 Å². The standard InChI is InChI=1S/C13H21N5S/c14-11-3-5-17(6-4-11)12-1-2-13(16-15-12)18-7-9-19-10-8-18/h1-2,11H,3-10,14H2. The molecule has 0 aliphatic carbocycles. The second-order valence-electron chi connectivity index (χ2n) is 5.17. The zero-order valence-electron chi connectivity index (χ0n) is 11.2. The van der Waals surface area contributed by atoms with E-state index in [1.807, 2.05) is 11.8 Å². The van der Waals surface area contributed by atoms with Gasteiger partial charge < -0.3 is 15.5 Å². The SMILES string of the molecule is NC1CCN(c2ccc(N3CCSCC3)nn2)CC1. The fraction of sp³-hybridized carbons (Fsp3) is 0.692. The number of nitrogens with two attached hydrogens (primary N) is 1. The van der Waals surface area contributed by atoms with Crippen LogP contribution in [0.4, 0.5) is 11.6 Å². The highest BCUT2D eigenvalue weighted by Gasteiger charge is 2.18. The molecule has 0 spiro atoms. The molecule has 5 nitrogen and oxygen atoms in total. The number of rotatable bonds is 2. The van der Waals surface area contributed by atoms with Crippen molar-refractivity contribution in [2.24, 2.45) is 5.73 Å². The van der Waals surface area contributed by atoms with Gasteiger partial charge in [0.25, 0.3) is 0 Å². The van der Waals surface area contributed by atoms with Crippen molar-refractivity contribution in [2.45, 2.75) is 18.9 Å². The van der Waals surface area contributed by atoms with Crippen LogP contribution in [0.1, 0.15) is 12.8 Å². The lowest BCUT2D eigenvalue weighted by atomic mass is 10.1. The van der Waals surface area contributed by atoms with Crippen LogP contribution < -0.4 is 15.5 Å². The van der Waals surface area contributed by atoms with Gasteiger partial charge >= 0.3 is 0 Å². The van der Waals surface area contributed by atoms with Crippen LogP contribution in [0.25, 0.3) is 0 Å². The van der Waals surface area contributed by atoms with E-state index in [0.29, 0.717) is 6.04 Å². The van der Waals surface area contributed by atoms with E-state index < -0.39 is 0 Å². The van der Waals surface area contributed by atoms with Crippen molar-refractivity contribution in [1.82, 2.24) is 10.2 Å². The molecule has 0 bridgehead atoms. The minimum Gasteiger partial charge on any atom is -0.355 e. The lowest BCUT2D eigenvalue weighted by Gasteiger charge is -2.31. The summed E-state index contributed by atoms with van der Waals surface area (Å²) in [6, 6.07) is 4.56. The first-order valence-electron chi connectivity index (χ1n) is 7.00. The van der Waals surface area contributed by atoms with Crippen molar-refractivity contribution in [3.63, 3.8) is 0 Å². The first kappa shape index (κ1) is 13.0. The summed E-state index contributed by atoms with van der Waals surface area (Å²) >= 11 is 2.01. The minimum absolute atomic E-state index is 0.356. The van der Waals surface area contributed by atoms with Gasteiger partial charge in [-0.1, -0.05) is 0 Å². The van der Waals surface area contributed by atoms with Gasteiger partial charge in [0, 0.05) is 43.7 Å². The fourth-order valence-electron chi connectivity index (χ4n) is 2.58. The predicted molar refractivity (Wildman–Crippen MR) is 81.0 cm³/mol. The van der Waals surface area contributed by atoms with Gasteiger partial charge in [0.05, 0.1) is 0 Å². The number of anilines is 2. The van der Waals surface area contributed by atoms with Crippen LogP contribution in [0.15, 0.2) is 12.1 Å². The molecule has 0 saturated carbocycles. The average Bonchev–Trinajstić information content (AvgIpc) is 2.49. The average molecular weight is 279 g/mol. The summed E-state index contributed by atoms with van der Waals surface area (Å²) in [6.07, 6.45) is 2.10. The van der Waals surface area contributed by atoms with Crippen LogP contribution in [0.5, 0.6) is 0 Å². The summed E-state index contributed by atoms with van der Waals surface area (Å²) in [6.45, 7) is 4.15. The minimum atomic E-state index is 0.356. The molecular weight excluding hydrogens is 258 g/mol. The Kier molecular flexibility index (Phi) is 4.08. The Bertz CT molecular complexity index is 396. The Morgan fingerprint density at radius 3 is 2.00 bits per heavy atom. The molecule has 1 aromatic rings. The molecule has 2 saturated heterocycles. The molecule has 0 atom stereocenters. The smallest absolute Gasteiger partial charge is 0.151 e. The molecule has 2 fully saturated rings. The summed E-state index contributed by atoms with van der Waals surface area (Å²) in [5.41, 5.74) is 5.93. The van der Waals surface area contributed by atoms with Gasteiger partial charge in [-0.15, -0.1) is 10.2 Å². The van der Waals surface area contributed by atoms with Crippen LogP contribution in [0, 0.1) is 0 Å². The van der Waals surface area contributed by atoms with Crippen LogP contribution in [0.2, 0.25) is 0 Å². The maximum atomic E-state index is 5.93. The maximum Gasteiger partial charge on any atom is 0.151 e. The quantitative estimate of drug-likeness (QED) is 0.870. The van der Waals surface area contributed by atoms with E-state index in [9.17, 15) is 0 Å². The Hall–Kier alpha value is -1.01. The predicted octanol–water partition coefficient (Wildman–Crippen LogP) is 0.957. The summed E-state index contributed by atoms with van der Waals surface area (Å²) in [4.78, 5) is 4.60. The first-order chi connectivity index (χ1) is 9.33. The molecule has 2 aliphatic heterocycles. The van der Waals surface area contributed by atoms with Gasteiger partial charge in [-0.05, 0) is 25.0 Å². The van der Waals surface area contributed by atoms with E-state index in [1.54, 1.807) is 0 Å². The molecule has 0 unspecified atom stereocenters. The van der Waals surface area contributed by atoms with Crippen molar-refractivity contribution >= 4 is 23.4 Å². The number of piperidine rings is 1. The van der Waals surface area contributed by atoms with Crippen LogP contribution >= 0.6 is 11.8 Å². The summed E-state index contributed by atoms with van der Waals surface area (Å²) in [5.74, 6) is 4.38. The van der Waals surface area contributed by atoms with Gasteiger partial charge in [-0.25, -0.2) is 0 Å². The fourth-order valence-corrected chi connectivity index (χ4v) is 3.48. The molecular formula is C13H21N5S. The van der Waals surface area contributed by atoms with E-state index in [2.05, 4.69) is 32.1 Å². The topological polar surface area (TPSA) is 58.3 Å². The van der Waals surface area contributed by atoms with Gasteiger partial charge in [0.1, 0.15) is 0 Å². The second kappa shape index (κ2) is 5.96. The summed E-state index contributed by atoms with van der Waals surface area (Å²) in [7, 11) is 0. The van der Waals surface area contributed by atoms with E-state index in [4.69, 9.17) is 5.73 Å². The molecule has 6 heteroatoms. The molecule has 3 rings (SSSR count). The lowest BCUT2D eigenvalue weighted by molar-refractivity contribution is 0.497. The monoisotopic (exact) mass is 279 g/mol. The molecule has 2 N–H and O–H groups in total.